The Labute approximate surface area is 88.2 Å². The molecule has 84 valence electrons. The van der Waals surface area contributed by atoms with Crippen molar-refractivity contribution >= 4 is 0 Å². The van der Waals surface area contributed by atoms with Crippen LogP contribution in [0.4, 0.5) is 0 Å². The lowest BCUT2D eigenvalue weighted by atomic mass is 9.90. The molecule has 1 fully saturated rings. The first-order chi connectivity index (χ1) is 6.59. The van der Waals surface area contributed by atoms with Crippen LogP contribution in [0, 0.1) is 0 Å². The van der Waals surface area contributed by atoms with Gasteiger partial charge in [0.25, 0.3) is 0 Å². The Hall–Kier alpha value is -0.120. The van der Waals surface area contributed by atoms with Crippen molar-refractivity contribution in [2.45, 2.75) is 32.2 Å². The summed E-state index contributed by atoms with van der Waals surface area (Å²) in [5, 5.41) is 0. The maximum absolute atomic E-state index is 6.42. The Balaban J connectivity index is 2.46. The molecule has 0 aromatic rings. The highest BCUT2D eigenvalue weighted by atomic mass is 15.2. The minimum atomic E-state index is 0.0268. The van der Waals surface area contributed by atoms with Crippen LogP contribution < -0.4 is 5.73 Å². The molecule has 0 aromatic carbocycles. The maximum Gasteiger partial charge on any atom is 0.0412 e. The largest absolute Gasteiger partial charge is 0.323 e. The molecule has 1 saturated heterocycles. The number of likely N-dealkylation sites (tertiary alicyclic amines) is 1. The van der Waals surface area contributed by atoms with Crippen molar-refractivity contribution in [3.8, 4) is 0 Å². The lowest BCUT2D eigenvalue weighted by Gasteiger charge is -2.41. The first-order valence-electron chi connectivity index (χ1n) is 5.79. The number of piperidine rings is 1. The summed E-state index contributed by atoms with van der Waals surface area (Å²) in [5.74, 6) is 0. The summed E-state index contributed by atoms with van der Waals surface area (Å²) in [4.78, 5) is 4.78. The molecule has 1 aliphatic heterocycles. The number of nitrogens with zero attached hydrogens (tertiary/aromatic N) is 2. The fourth-order valence-electron chi connectivity index (χ4n) is 2.42. The zero-order valence-electron chi connectivity index (χ0n) is 9.92. The van der Waals surface area contributed by atoms with Crippen LogP contribution >= 0.6 is 0 Å². The molecule has 0 aliphatic carbocycles. The van der Waals surface area contributed by atoms with E-state index in [0.29, 0.717) is 0 Å². The summed E-state index contributed by atoms with van der Waals surface area (Å²) in [6, 6.07) is 0. The van der Waals surface area contributed by atoms with Gasteiger partial charge in [0.1, 0.15) is 0 Å². The van der Waals surface area contributed by atoms with Crippen molar-refractivity contribution in [2.75, 3.05) is 39.8 Å². The smallest absolute Gasteiger partial charge is 0.0412 e. The highest BCUT2D eigenvalue weighted by Crippen LogP contribution is 2.18. The lowest BCUT2D eigenvalue weighted by molar-refractivity contribution is 0.130. The summed E-state index contributed by atoms with van der Waals surface area (Å²) in [5.41, 5.74) is 6.44. The molecule has 0 spiro atoms. The molecule has 3 heteroatoms. The Morgan fingerprint density at radius 1 is 1.36 bits per heavy atom. The zero-order valence-corrected chi connectivity index (χ0v) is 9.92. The Morgan fingerprint density at radius 2 is 2.00 bits per heavy atom. The third-order valence-corrected chi connectivity index (χ3v) is 3.23. The van der Waals surface area contributed by atoms with Crippen molar-refractivity contribution in [3.63, 3.8) is 0 Å². The van der Waals surface area contributed by atoms with Gasteiger partial charge in [0.2, 0.25) is 0 Å². The fourth-order valence-corrected chi connectivity index (χ4v) is 2.42. The van der Waals surface area contributed by atoms with Crippen LogP contribution in [-0.2, 0) is 0 Å². The van der Waals surface area contributed by atoms with Crippen LogP contribution in [0.1, 0.15) is 26.7 Å². The van der Waals surface area contributed by atoms with Gasteiger partial charge in [-0.05, 0) is 39.5 Å². The molecule has 0 aromatic heterocycles. The van der Waals surface area contributed by atoms with Gasteiger partial charge in [0, 0.05) is 18.6 Å². The maximum atomic E-state index is 6.42. The summed E-state index contributed by atoms with van der Waals surface area (Å²) in [6.45, 7) is 9.93. The van der Waals surface area contributed by atoms with Crippen LogP contribution in [0.15, 0.2) is 0 Å². The first kappa shape index (κ1) is 12.0. The quantitative estimate of drug-likeness (QED) is 0.725. The number of nitrogens with two attached hydrogens (primary N) is 1. The molecule has 1 atom stereocenters. The van der Waals surface area contributed by atoms with E-state index in [1.165, 1.54) is 19.4 Å². The van der Waals surface area contributed by atoms with Crippen molar-refractivity contribution in [1.29, 1.82) is 0 Å². The molecule has 14 heavy (non-hydrogen) atoms. The van der Waals surface area contributed by atoms with Crippen LogP contribution in [0.2, 0.25) is 0 Å². The van der Waals surface area contributed by atoms with Gasteiger partial charge in [-0.2, -0.15) is 0 Å². The van der Waals surface area contributed by atoms with Crippen molar-refractivity contribution < 1.29 is 0 Å². The Bertz CT molecular complexity index is 168. The predicted molar refractivity (Wildman–Crippen MR) is 61.4 cm³/mol. The van der Waals surface area contributed by atoms with E-state index in [9.17, 15) is 0 Å². The molecule has 1 aliphatic rings. The van der Waals surface area contributed by atoms with Gasteiger partial charge in [-0.3, -0.25) is 0 Å². The average Bonchev–Trinajstić information content (AvgIpc) is 2.14. The third-order valence-electron chi connectivity index (χ3n) is 3.23. The Kier molecular flexibility index (Phi) is 4.35. The highest BCUT2D eigenvalue weighted by Gasteiger charge is 2.31. The standard InChI is InChI=1S/C11H25N3/c1-4-14(5-2)10-11(12)7-6-8-13(3)9-11/h4-10,12H2,1-3H3. The van der Waals surface area contributed by atoms with Gasteiger partial charge < -0.3 is 15.5 Å². The van der Waals surface area contributed by atoms with E-state index in [-0.39, 0.29) is 5.54 Å². The van der Waals surface area contributed by atoms with E-state index in [2.05, 4.69) is 30.7 Å². The van der Waals surface area contributed by atoms with Gasteiger partial charge in [0.15, 0.2) is 0 Å². The summed E-state index contributed by atoms with van der Waals surface area (Å²) in [7, 11) is 2.17. The normalized spacial score (nSPS) is 29.8. The van der Waals surface area contributed by atoms with Gasteiger partial charge in [-0.25, -0.2) is 0 Å². The predicted octanol–water partition coefficient (Wildman–Crippen LogP) is 0.751. The summed E-state index contributed by atoms with van der Waals surface area (Å²) in [6.07, 6.45) is 2.42. The second-order valence-electron chi connectivity index (χ2n) is 4.67. The molecule has 0 saturated carbocycles. The summed E-state index contributed by atoms with van der Waals surface area (Å²) < 4.78 is 0. The third kappa shape index (κ3) is 3.23. The molecule has 0 bridgehead atoms. The molecule has 1 rings (SSSR count). The van der Waals surface area contributed by atoms with Crippen LogP contribution in [0.25, 0.3) is 0 Å². The second kappa shape index (κ2) is 5.10. The molecule has 1 heterocycles. The topological polar surface area (TPSA) is 32.5 Å². The van der Waals surface area contributed by atoms with Gasteiger partial charge in [-0.1, -0.05) is 13.8 Å². The fraction of sp³-hybridized carbons (Fsp3) is 1.00. The number of rotatable bonds is 4. The molecular weight excluding hydrogens is 174 g/mol. The van der Waals surface area contributed by atoms with Gasteiger partial charge in [-0.15, -0.1) is 0 Å². The molecule has 1 unspecified atom stereocenters. The minimum Gasteiger partial charge on any atom is -0.323 e. The van der Waals surface area contributed by atoms with Gasteiger partial charge >= 0.3 is 0 Å². The van der Waals surface area contributed by atoms with E-state index in [1.54, 1.807) is 0 Å². The zero-order chi connectivity index (χ0) is 10.6. The second-order valence-corrected chi connectivity index (χ2v) is 4.67. The number of likely N-dealkylation sites (N-methyl/N-ethyl adjacent to an activating group) is 2. The van der Waals surface area contributed by atoms with Crippen molar-refractivity contribution in [3.05, 3.63) is 0 Å². The molecule has 0 amide bonds. The van der Waals surface area contributed by atoms with Crippen LogP contribution in [-0.4, -0.2) is 55.1 Å². The summed E-state index contributed by atoms with van der Waals surface area (Å²) >= 11 is 0. The SMILES string of the molecule is CCN(CC)CC1(N)CCCN(C)C1. The van der Waals surface area contributed by atoms with Crippen LogP contribution in [0.3, 0.4) is 0 Å². The number of hydrogen-bond donors (Lipinski definition) is 1. The molecule has 3 nitrogen and oxygen atoms in total. The number of hydrogen-bond acceptors (Lipinski definition) is 3. The highest BCUT2D eigenvalue weighted by molar-refractivity contribution is 4.93. The first-order valence-corrected chi connectivity index (χ1v) is 5.79. The minimum absolute atomic E-state index is 0.0268. The van der Waals surface area contributed by atoms with Crippen molar-refractivity contribution in [1.82, 2.24) is 9.80 Å². The van der Waals surface area contributed by atoms with E-state index in [4.69, 9.17) is 5.73 Å². The van der Waals surface area contributed by atoms with Crippen LogP contribution in [0.5, 0.6) is 0 Å². The molecule has 0 radical (unpaired) electrons. The monoisotopic (exact) mass is 199 g/mol. The Morgan fingerprint density at radius 3 is 2.50 bits per heavy atom. The van der Waals surface area contributed by atoms with E-state index in [0.717, 1.165) is 26.2 Å². The van der Waals surface area contributed by atoms with Gasteiger partial charge in [0.05, 0.1) is 0 Å². The average molecular weight is 199 g/mol. The molecular formula is C11H25N3. The molecule has 2 N–H and O–H groups in total. The van der Waals surface area contributed by atoms with E-state index < -0.39 is 0 Å². The van der Waals surface area contributed by atoms with E-state index in [1.807, 2.05) is 0 Å². The van der Waals surface area contributed by atoms with Crippen molar-refractivity contribution in [2.24, 2.45) is 5.73 Å². The van der Waals surface area contributed by atoms with E-state index >= 15 is 0 Å². The lowest BCUT2D eigenvalue weighted by Crippen LogP contribution is -2.59.